The molecule has 1 amide bonds. The fourth-order valence-corrected chi connectivity index (χ4v) is 5.96. The van der Waals surface area contributed by atoms with Gasteiger partial charge < -0.3 is 9.84 Å². The summed E-state index contributed by atoms with van der Waals surface area (Å²) in [5.41, 5.74) is 4.23. The van der Waals surface area contributed by atoms with Crippen LogP contribution in [-0.4, -0.2) is 40.5 Å². The maximum absolute atomic E-state index is 14.4. The van der Waals surface area contributed by atoms with Crippen LogP contribution < -0.4 is 0 Å². The van der Waals surface area contributed by atoms with Gasteiger partial charge in [-0.05, 0) is 28.3 Å². The summed E-state index contributed by atoms with van der Waals surface area (Å²) < 4.78 is 33.5. The summed E-state index contributed by atoms with van der Waals surface area (Å²) >= 11 is 1.11. The van der Waals surface area contributed by atoms with Gasteiger partial charge in [-0.25, -0.2) is 18.4 Å². The minimum absolute atomic E-state index is 0.0129. The zero-order valence-corrected chi connectivity index (χ0v) is 18.1. The molecule has 0 aromatic heterocycles. The Labute approximate surface area is 193 Å². The highest BCUT2D eigenvalue weighted by Crippen LogP contribution is 2.46. The van der Waals surface area contributed by atoms with Crippen LogP contribution in [0.5, 0.6) is 0 Å². The number of hydrogen-bond acceptors (Lipinski definition) is 4. The molecule has 8 heteroatoms. The third-order valence-electron chi connectivity index (χ3n) is 6.06. The molecule has 5 nitrogen and oxygen atoms in total. The van der Waals surface area contributed by atoms with E-state index in [2.05, 4.69) is 0 Å². The van der Waals surface area contributed by atoms with Gasteiger partial charge in [0.1, 0.15) is 29.7 Å². The van der Waals surface area contributed by atoms with E-state index in [1.807, 2.05) is 48.5 Å². The number of hydrogen-bond donors (Lipinski definition) is 1. The van der Waals surface area contributed by atoms with Crippen molar-refractivity contribution in [3.63, 3.8) is 0 Å². The predicted octanol–water partition coefficient (Wildman–Crippen LogP) is 5.41. The van der Waals surface area contributed by atoms with Crippen LogP contribution in [0.3, 0.4) is 0 Å². The van der Waals surface area contributed by atoms with E-state index in [1.54, 1.807) is 0 Å². The van der Waals surface area contributed by atoms with Crippen LogP contribution >= 0.6 is 11.8 Å². The Morgan fingerprint density at radius 1 is 0.970 bits per heavy atom. The standard InChI is InChI=1S/C25H19F2NO4S/c26-14-9-10-19(21(27)11-14)23-28(22(13-33-23)24(29)30)25(31)32-12-20-17-7-3-1-5-15(17)16-6-2-4-8-18(16)20/h1-11,20,22-23H,12-13H2,(H,29,30). The number of rotatable bonds is 4. The van der Waals surface area contributed by atoms with Crippen molar-refractivity contribution in [3.05, 3.63) is 95.1 Å². The molecule has 2 aliphatic rings. The molecule has 1 saturated heterocycles. The number of carboxylic acid groups (broad SMARTS) is 1. The van der Waals surface area contributed by atoms with Crippen molar-refractivity contribution in [1.82, 2.24) is 4.90 Å². The minimum Gasteiger partial charge on any atom is -0.480 e. The summed E-state index contributed by atoms with van der Waals surface area (Å²) in [7, 11) is 0. The summed E-state index contributed by atoms with van der Waals surface area (Å²) in [4.78, 5) is 26.0. The second-order valence-corrected chi connectivity index (χ2v) is 9.03. The topological polar surface area (TPSA) is 66.8 Å². The molecule has 3 aromatic rings. The molecule has 0 spiro atoms. The molecule has 5 rings (SSSR count). The lowest BCUT2D eigenvalue weighted by atomic mass is 9.98. The second kappa shape index (κ2) is 8.51. The van der Waals surface area contributed by atoms with Crippen LogP contribution in [0, 0.1) is 11.6 Å². The van der Waals surface area contributed by atoms with E-state index < -0.39 is 35.1 Å². The molecule has 168 valence electrons. The Morgan fingerprint density at radius 2 is 1.61 bits per heavy atom. The number of nitrogens with zero attached hydrogens (tertiary/aromatic N) is 1. The predicted molar refractivity (Wildman–Crippen MR) is 120 cm³/mol. The van der Waals surface area contributed by atoms with Gasteiger partial charge in [-0.2, -0.15) is 0 Å². The van der Waals surface area contributed by atoms with Crippen molar-refractivity contribution in [1.29, 1.82) is 0 Å². The van der Waals surface area contributed by atoms with E-state index in [4.69, 9.17) is 4.74 Å². The molecule has 0 bridgehead atoms. The molecule has 1 aliphatic heterocycles. The number of benzene rings is 3. The molecule has 0 radical (unpaired) electrons. The summed E-state index contributed by atoms with van der Waals surface area (Å²) in [5, 5.41) is 8.71. The van der Waals surface area contributed by atoms with Crippen LogP contribution in [0.4, 0.5) is 13.6 Å². The normalized spacial score (nSPS) is 19.3. The van der Waals surface area contributed by atoms with Gasteiger partial charge in [-0.15, -0.1) is 11.8 Å². The first-order valence-corrected chi connectivity index (χ1v) is 11.4. The fourth-order valence-electron chi connectivity index (χ4n) is 4.53. The van der Waals surface area contributed by atoms with E-state index in [0.29, 0.717) is 0 Å². The molecule has 3 aromatic carbocycles. The molecule has 0 saturated carbocycles. The monoisotopic (exact) mass is 467 g/mol. The highest BCUT2D eigenvalue weighted by molar-refractivity contribution is 7.99. The van der Waals surface area contributed by atoms with E-state index >= 15 is 0 Å². The average Bonchev–Trinajstić information content (AvgIpc) is 3.38. The van der Waals surface area contributed by atoms with Gasteiger partial charge in [0.15, 0.2) is 0 Å². The Morgan fingerprint density at radius 3 is 2.21 bits per heavy atom. The molecular formula is C25H19F2NO4S. The van der Waals surface area contributed by atoms with Crippen LogP contribution in [0.2, 0.25) is 0 Å². The number of carboxylic acids is 1. The Bertz CT molecular complexity index is 1210. The van der Waals surface area contributed by atoms with Gasteiger partial charge >= 0.3 is 12.1 Å². The van der Waals surface area contributed by atoms with Gasteiger partial charge in [-0.1, -0.05) is 54.6 Å². The quantitative estimate of drug-likeness (QED) is 0.556. The van der Waals surface area contributed by atoms with Crippen LogP contribution in [0.15, 0.2) is 66.7 Å². The molecule has 33 heavy (non-hydrogen) atoms. The molecule has 2 unspecified atom stereocenters. The lowest BCUT2D eigenvalue weighted by Gasteiger charge is -2.27. The van der Waals surface area contributed by atoms with Gasteiger partial charge in [0.2, 0.25) is 0 Å². The summed E-state index contributed by atoms with van der Waals surface area (Å²) in [6.07, 6.45) is -0.844. The van der Waals surface area contributed by atoms with E-state index in [-0.39, 0.29) is 23.8 Å². The molecule has 1 heterocycles. The highest BCUT2D eigenvalue weighted by Gasteiger charge is 2.44. The number of carbonyl (C=O) groups excluding carboxylic acids is 1. The summed E-state index contributed by atoms with van der Waals surface area (Å²) in [6, 6.07) is 17.6. The lowest BCUT2D eigenvalue weighted by molar-refractivity contribution is -0.141. The number of halogens is 2. The third kappa shape index (κ3) is 3.74. The van der Waals surface area contributed by atoms with Crippen molar-refractivity contribution in [2.75, 3.05) is 12.4 Å². The number of amides is 1. The number of fused-ring (bicyclic) bond motifs is 3. The first kappa shape index (κ1) is 21.5. The van der Waals surface area contributed by atoms with Gasteiger partial charge in [0.05, 0.1) is 0 Å². The molecule has 1 aliphatic carbocycles. The van der Waals surface area contributed by atoms with Crippen molar-refractivity contribution < 1.29 is 28.2 Å². The number of ether oxygens (including phenoxy) is 1. The maximum Gasteiger partial charge on any atom is 0.411 e. The van der Waals surface area contributed by atoms with Crippen molar-refractivity contribution in [2.24, 2.45) is 0 Å². The fraction of sp³-hybridized carbons (Fsp3) is 0.200. The van der Waals surface area contributed by atoms with Gasteiger partial charge in [-0.3, -0.25) is 4.90 Å². The molecule has 1 N–H and O–H groups in total. The van der Waals surface area contributed by atoms with Crippen molar-refractivity contribution >= 4 is 23.8 Å². The first-order valence-electron chi connectivity index (χ1n) is 10.4. The summed E-state index contributed by atoms with van der Waals surface area (Å²) in [6.45, 7) is 0.0129. The second-order valence-electron chi connectivity index (χ2n) is 7.92. The van der Waals surface area contributed by atoms with Gasteiger partial charge in [0.25, 0.3) is 0 Å². The molecule has 1 fully saturated rings. The minimum atomic E-state index is -1.21. The zero-order valence-electron chi connectivity index (χ0n) is 17.3. The van der Waals surface area contributed by atoms with E-state index in [0.717, 1.165) is 51.0 Å². The van der Waals surface area contributed by atoms with Crippen molar-refractivity contribution in [2.45, 2.75) is 17.3 Å². The van der Waals surface area contributed by atoms with E-state index in [1.165, 1.54) is 6.07 Å². The van der Waals surface area contributed by atoms with Crippen LogP contribution in [0.25, 0.3) is 11.1 Å². The SMILES string of the molecule is O=C(O)C1CSC(c2ccc(F)cc2F)N1C(=O)OCC1c2ccccc2-c2ccccc21. The third-order valence-corrected chi connectivity index (χ3v) is 7.37. The lowest BCUT2D eigenvalue weighted by Crippen LogP contribution is -2.43. The van der Waals surface area contributed by atoms with Crippen molar-refractivity contribution in [3.8, 4) is 11.1 Å². The maximum atomic E-state index is 14.4. The first-order chi connectivity index (χ1) is 16.0. The number of thioether (sulfide) groups is 1. The average molecular weight is 467 g/mol. The summed E-state index contributed by atoms with van der Waals surface area (Å²) in [5.74, 6) is -2.92. The molecule has 2 atom stereocenters. The van der Waals surface area contributed by atoms with Crippen LogP contribution in [0.1, 0.15) is 28.0 Å². The Hall–Kier alpha value is -3.39. The molecular weight excluding hydrogens is 448 g/mol. The number of carbonyl (C=O) groups is 2. The van der Waals surface area contributed by atoms with Gasteiger partial charge in [0, 0.05) is 23.3 Å². The Balaban J connectivity index is 1.41. The van der Waals surface area contributed by atoms with E-state index in [9.17, 15) is 23.5 Å². The van der Waals surface area contributed by atoms with Crippen LogP contribution in [-0.2, 0) is 9.53 Å². The highest BCUT2D eigenvalue weighted by atomic mass is 32.2. The smallest absolute Gasteiger partial charge is 0.411 e. The zero-order chi connectivity index (χ0) is 23.1. The Kier molecular flexibility index (Phi) is 5.54. The number of aliphatic carboxylic acids is 1. The largest absolute Gasteiger partial charge is 0.480 e.